The van der Waals surface area contributed by atoms with Gasteiger partial charge in [-0.3, -0.25) is 0 Å². The van der Waals surface area contributed by atoms with Gasteiger partial charge in [-0.25, -0.2) is 9.78 Å². The van der Waals surface area contributed by atoms with Gasteiger partial charge in [0, 0.05) is 26.0 Å². The summed E-state index contributed by atoms with van der Waals surface area (Å²) < 4.78 is 16.2. The number of aromatic nitrogens is 2. The first-order valence-corrected chi connectivity index (χ1v) is 10.4. The number of nitrogens with zero attached hydrogens (tertiary/aromatic N) is 2. The fourth-order valence-electron chi connectivity index (χ4n) is 2.28. The Morgan fingerprint density at radius 2 is 1.87 bits per heavy atom. The molecule has 168 valence electrons. The highest BCUT2D eigenvalue weighted by atomic mass is 35.5. The van der Waals surface area contributed by atoms with Crippen molar-refractivity contribution in [2.75, 3.05) is 25.1 Å². The van der Waals surface area contributed by atoms with Crippen LogP contribution in [0.1, 0.15) is 54.0 Å². The van der Waals surface area contributed by atoms with E-state index in [0.717, 1.165) is 0 Å². The van der Waals surface area contributed by atoms with Gasteiger partial charge < -0.3 is 24.8 Å². The number of nitrogens with one attached hydrogen (secondary N) is 2. The van der Waals surface area contributed by atoms with Crippen molar-refractivity contribution in [3.05, 3.63) is 17.0 Å². The number of carbonyl (C=O) groups excluding carboxylic acids is 1. The van der Waals surface area contributed by atoms with Crippen LogP contribution in [-0.4, -0.2) is 53.8 Å². The summed E-state index contributed by atoms with van der Waals surface area (Å²) in [5.74, 6) is 6.51. The lowest BCUT2D eigenvalue weighted by Gasteiger charge is -2.26. The van der Waals surface area contributed by atoms with Crippen molar-refractivity contribution in [1.82, 2.24) is 15.3 Å². The minimum atomic E-state index is -0.638. The highest BCUT2D eigenvalue weighted by Gasteiger charge is 2.22. The molecule has 0 aliphatic heterocycles. The molecule has 1 aromatic rings. The molecule has 0 saturated carbocycles. The first-order valence-electron chi connectivity index (χ1n) is 10.1. The summed E-state index contributed by atoms with van der Waals surface area (Å²) in [7, 11) is 0. The van der Waals surface area contributed by atoms with Crippen LogP contribution in [0.4, 0.5) is 10.6 Å². The number of alkyl carbamates (subject to hydrolysis) is 1. The highest BCUT2D eigenvalue weighted by molar-refractivity contribution is 6.28. The van der Waals surface area contributed by atoms with E-state index in [2.05, 4.69) is 32.4 Å². The maximum absolute atomic E-state index is 12.1. The van der Waals surface area contributed by atoms with Gasteiger partial charge in [0.1, 0.15) is 11.4 Å². The number of hydrogen-bond acceptors (Lipinski definition) is 7. The fourth-order valence-corrected chi connectivity index (χ4v) is 2.41. The van der Waals surface area contributed by atoms with Crippen LogP contribution in [0.5, 0.6) is 0 Å². The quantitative estimate of drug-likeness (QED) is 0.342. The molecule has 1 atom stereocenters. The highest BCUT2D eigenvalue weighted by Crippen LogP contribution is 2.15. The fraction of sp³-hybridized carbons (Fsp3) is 0.667. The zero-order chi connectivity index (χ0) is 22.7. The number of hydrogen-bond donors (Lipinski definition) is 2. The van der Waals surface area contributed by atoms with Gasteiger partial charge in [-0.15, -0.1) is 0 Å². The lowest BCUT2D eigenvalue weighted by Crippen LogP contribution is -2.45. The predicted molar refractivity (Wildman–Crippen MR) is 117 cm³/mol. The van der Waals surface area contributed by atoms with E-state index in [0.29, 0.717) is 31.1 Å². The summed E-state index contributed by atoms with van der Waals surface area (Å²) in [6.45, 7) is 14.6. The molecule has 1 rings (SSSR count). The molecule has 0 aliphatic rings. The second-order valence-corrected chi connectivity index (χ2v) is 8.13. The number of ether oxygens (including phenoxy) is 3. The van der Waals surface area contributed by atoms with Gasteiger partial charge in [0.2, 0.25) is 11.6 Å². The molecule has 0 radical (unpaired) electrons. The van der Waals surface area contributed by atoms with Gasteiger partial charge in [-0.1, -0.05) is 19.8 Å². The van der Waals surface area contributed by atoms with E-state index in [4.69, 9.17) is 25.8 Å². The Morgan fingerprint density at radius 3 is 2.40 bits per heavy atom. The smallest absolute Gasteiger partial charge is 0.407 e. The molecule has 0 aromatic carbocycles. The maximum atomic E-state index is 12.1. The Bertz CT molecular complexity index is 735. The predicted octanol–water partition coefficient (Wildman–Crippen LogP) is 3.84. The largest absolute Gasteiger partial charge is 0.444 e. The minimum Gasteiger partial charge on any atom is -0.444 e. The first-order chi connectivity index (χ1) is 14.1. The molecule has 1 heterocycles. The third-order valence-electron chi connectivity index (χ3n) is 3.72. The topological polar surface area (TPSA) is 94.6 Å². The van der Waals surface area contributed by atoms with Crippen LogP contribution in [0.3, 0.4) is 0 Å². The Hall–Kier alpha value is -2.08. The molecule has 0 aliphatic carbocycles. The number of anilines is 1. The van der Waals surface area contributed by atoms with E-state index in [9.17, 15) is 4.79 Å². The molecular formula is C21H33ClN4O4. The standard InChI is InChI=1S/C21H33ClN4O4/c1-8-28-17(29-9-2)11-10-15-12-24-19(22)26-18(15)23-13-16(14(3)4)25-20(27)30-21(5,6)7/h12,14,16-17H,8-9,13H2,1-7H3,(H,25,27)(H,23,24,26). The molecular weight excluding hydrogens is 408 g/mol. The summed E-state index contributed by atoms with van der Waals surface area (Å²) in [6.07, 6.45) is 0.423. The van der Waals surface area contributed by atoms with E-state index in [-0.39, 0.29) is 17.2 Å². The van der Waals surface area contributed by atoms with Crippen molar-refractivity contribution >= 4 is 23.5 Å². The van der Waals surface area contributed by atoms with E-state index in [1.807, 2.05) is 48.5 Å². The Labute approximate surface area is 184 Å². The van der Waals surface area contributed by atoms with Crippen molar-refractivity contribution in [3.63, 3.8) is 0 Å². The molecule has 30 heavy (non-hydrogen) atoms. The number of halogens is 1. The monoisotopic (exact) mass is 440 g/mol. The van der Waals surface area contributed by atoms with E-state index < -0.39 is 18.0 Å². The van der Waals surface area contributed by atoms with Crippen LogP contribution in [-0.2, 0) is 14.2 Å². The summed E-state index contributed by atoms with van der Waals surface area (Å²) in [5, 5.41) is 6.18. The van der Waals surface area contributed by atoms with Crippen LogP contribution in [0.2, 0.25) is 5.28 Å². The second-order valence-electron chi connectivity index (χ2n) is 7.79. The summed E-state index contributed by atoms with van der Waals surface area (Å²) >= 11 is 5.96. The zero-order valence-electron chi connectivity index (χ0n) is 18.8. The van der Waals surface area contributed by atoms with Crippen LogP contribution in [0.25, 0.3) is 0 Å². The van der Waals surface area contributed by atoms with Crippen molar-refractivity contribution in [3.8, 4) is 11.8 Å². The van der Waals surface area contributed by atoms with Crippen molar-refractivity contribution in [2.24, 2.45) is 5.92 Å². The van der Waals surface area contributed by atoms with Crippen LogP contribution < -0.4 is 10.6 Å². The second kappa shape index (κ2) is 12.6. The average molecular weight is 441 g/mol. The molecule has 9 heteroatoms. The van der Waals surface area contributed by atoms with Crippen molar-refractivity contribution < 1.29 is 19.0 Å². The minimum absolute atomic E-state index is 0.0930. The number of rotatable bonds is 9. The van der Waals surface area contributed by atoms with Gasteiger partial charge in [0.05, 0.1) is 11.6 Å². The van der Waals surface area contributed by atoms with Gasteiger partial charge in [0.15, 0.2) is 0 Å². The van der Waals surface area contributed by atoms with Crippen LogP contribution in [0.15, 0.2) is 6.20 Å². The molecule has 2 N–H and O–H groups in total. The van der Waals surface area contributed by atoms with Gasteiger partial charge in [-0.05, 0) is 58.1 Å². The number of amides is 1. The summed E-state index contributed by atoms with van der Waals surface area (Å²) in [5.41, 5.74) is -0.0248. The Kier molecular flexibility index (Phi) is 10.9. The average Bonchev–Trinajstić information content (AvgIpc) is 2.62. The van der Waals surface area contributed by atoms with Gasteiger partial charge in [0.25, 0.3) is 0 Å². The molecule has 8 nitrogen and oxygen atoms in total. The molecule has 1 aromatic heterocycles. The SMILES string of the molecule is CCOC(C#Cc1cnc(Cl)nc1NCC(NC(=O)OC(C)(C)C)C(C)C)OCC. The van der Waals surface area contributed by atoms with Crippen molar-refractivity contribution in [1.29, 1.82) is 0 Å². The van der Waals surface area contributed by atoms with E-state index in [1.165, 1.54) is 6.20 Å². The lowest BCUT2D eigenvalue weighted by molar-refractivity contribution is -0.0969. The first kappa shape index (κ1) is 26.0. The Balaban J connectivity index is 2.93. The molecule has 0 bridgehead atoms. The molecule has 1 unspecified atom stereocenters. The molecule has 0 spiro atoms. The third-order valence-corrected chi connectivity index (χ3v) is 3.90. The molecule has 0 saturated heterocycles. The van der Waals surface area contributed by atoms with E-state index >= 15 is 0 Å². The van der Waals surface area contributed by atoms with Gasteiger partial charge in [-0.2, -0.15) is 4.98 Å². The maximum Gasteiger partial charge on any atom is 0.407 e. The third kappa shape index (κ3) is 10.1. The van der Waals surface area contributed by atoms with E-state index in [1.54, 1.807) is 0 Å². The van der Waals surface area contributed by atoms with Crippen LogP contribution >= 0.6 is 11.6 Å². The lowest BCUT2D eigenvalue weighted by atomic mass is 10.0. The van der Waals surface area contributed by atoms with Crippen molar-refractivity contribution in [2.45, 2.75) is 66.4 Å². The van der Waals surface area contributed by atoms with Crippen LogP contribution in [0, 0.1) is 17.8 Å². The summed E-state index contributed by atoms with van der Waals surface area (Å²) in [6, 6.07) is -0.200. The normalized spacial score (nSPS) is 12.3. The Morgan fingerprint density at radius 1 is 1.23 bits per heavy atom. The zero-order valence-corrected chi connectivity index (χ0v) is 19.6. The molecule has 1 amide bonds. The number of carbonyl (C=O) groups is 1. The van der Waals surface area contributed by atoms with Gasteiger partial charge >= 0.3 is 6.09 Å². The molecule has 0 fully saturated rings. The summed E-state index contributed by atoms with van der Waals surface area (Å²) in [4.78, 5) is 20.4.